The van der Waals surface area contributed by atoms with E-state index < -0.39 is 11.4 Å². The van der Waals surface area contributed by atoms with Gasteiger partial charge >= 0.3 is 0 Å². The molecule has 2 aliphatic rings. The second-order valence-electron chi connectivity index (χ2n) is 4.95. The normalized spacial score (nSPS) is 48.9. The van der Waals surface area contributed by atoms with Gasteiger partial charge in [0.05, 0.1) is 17.8 Å². The van der Waals surface area contributed by atoms with Gasteiger partial charge in [-0.2, -0.15) is 0 Å². The van der Waals surface area contributed by atoms with Crippen LogP contribution in [0.1, 0.15) is 40.0 Å². The molecular formula is C10H18O3. The summed E-state index contributed by atoms with van der Waals surface area (Å²) in [5.74, 6) is -0.463. The van der Waals surface area contributed by atoms with Gasteiger partial charge in [-0.05, 0) is 33.6 Å². The van der Waals surface area contributed by atoms with Crippen molar-refractivity contribution < 1.29 is 14.6 Å². The van der Waals surface area contributed by atoms with Crippen molar-refractivity contribution in [3.63, 3.8) is 0 Å². The fourth-order valence-corrected chi connectivity index (χ4v) is 2.32. The van der Waals surface area contributed by atoms with E-state index in [1.54, 1.807) is 0 Å². The Hall–Kier alpha value is -0.120. The summed E-state index contributed by atoms with van der Waals surface area (Å²) in [6.07, 6.45) is 2.68. The molecule has 1 aliphatic carbocycles. The lowest BCUT2D eigenvalue weighted by atomic mass is 9.83. The molecule has 0 aromatic rings. The first-order valence-corrected chi connectivity index (χ1v) is 4.96. The Kier molecular flexibility index (Phi) is 1.95. The van der Waals surface area contributed by atoms with Gasteiger partial charge in [0.25, 0.3) is 0 Å². The largest absolute Gasteiger partial charge is 0.390 e. The Bertz CT molecular complexity index is 208. The van der Waals surface area contributed by atoms with Gasteiger partial charge in [-0.25, -0.2) is 0 Å². The summed E-state index contributed by atoms with van der Waals surface area (Å²) in [4.78, 5) is 0. The van der Waals surface area contributed by atoms with Crippen LogP contribution in [0, 0.1) is 0 Å². The van der Waals surface area contributed by atoms with Crippen LogP contribution in [0.15, 0.2) is 0 Å². The molecule has 1 heterocycles. The van der Waals surface area contributed by atoms with Gasteiger partial charge in [0.2, 0.25) is 0 Å². The van der Waals surface area contributed by atoms with Crippen LogP contribution in [0.4, 0.5) is 0 Å². The molecule has 3 atom stereocenters. The molecule has 13 heavy (non-hydrogen) atoms. The zero-order valence-electron chi connectivity index (χ0n) is 8.54. The summed E-state index contributed by atoms with van der Waals surface area (Å²) in [6.45, 7) is 5.73. The Morgan fingerprint density at radius 3 is 2.46 bits per heavy atom. The highest BCUT2D eigenvalue weighted by Gasteiger charge is 2.47. The number of hydrogen-bond acceptors (Lipinski definition) is 3. The summed E-state index contributed by atoms with van der Waals surface area (Å²) in [5.41, 5.74) is -0.565. The predicted molar refractivity (Wildman–Crippen MR) is 48.3 cm³/mol. The number of ether oxygens (including phenoxy) is 2. The summed E-state index contributed by atoms with van der Waals surface area (Å²) in [6, 6.07) is 0. The van der Waals surface area contributed by atoms with Crippen LogP contribution in [0.25, 0.3) is 0 Å². The highest BCUT2D eigenvalue weighted by molar-refractivity contribution is 4.93. The number of rotatable bonds is 0. The van der Waals surface area contributed by atoms with Crippen LogP contribution in [-0.2, 0) is 9.47 Å². The van der Waals surface area contributed by atoms with Crippen molar-refractivity contribution in [1.29, 1.82) is 0 Å². The predicted octanol–water partition coefficient (Wildman–Crippen LogP) is 1.44. The van der Waals surface area contributed by atoms with E-state index in [0.717, 1.165) is 12.8 Å². The van der Waals surface area contributed by atoms with Gasteiger partial charge < -0.3 is 14.6 Å². The lowest BCUT2D eigenvalue weighted by Gasteiger charge is -2.33. The van der Waals surface area contributed by atoms with E-state index in [9.17, 15) is 5.11 Å². The molecule has 3 heteroatoms. The SMILES string of the molecule is CC1(C)O[C@H]2CC[C@](C)(O)C[C@H]2O1. The minimum atomic E-state index is -0.565. The van der Waals surface area contributed by atoms with Crippen LogP contribution in [-0.4, -0.2) is 28.7 Å². The molecular weight excluding hydrogens is 168 g/mol. The lowest BCUT2D eigenvalue weighted by Crippen LogP contribution is -2.41. The van der Waals surface area contributed by atoms with Crippen LogP contribution in [0.2, 0.25) is 0 Å². The second-order valence-corrected chi connectivity index (χ2v) is 4.95. The Morgan fingerprint density at radius 1 is 1.15 bits per heavy atom. The first-order valence-electron chi connectivity index (χ1n) is 4.96. The zero-order chi connectivity index (χ0) is 9.69. The third-order valence-electron chi connectivity index (χ3n) is 2.89. The average Bonchev–Trinajstić information content (AvgIpc) is 2.20. The maximum atomic E-state index is 9.86. The van der Waals surface area contributed by atoms with Crippen molar-refractivity contribution in [1.82, 2.24) is 0 Å². The Balaban J connectivity index is 2.06. The molecule has 0 aromatic carbocycles. The van der Waals surface area contributed by atoms with Crippen LogP contribution >= 0.6 is 0 Å². The molecule has 2 fully saturated rings. The minimum Gasteiger partial charge on any atom is -0.390 e. The van der Waals surface area contributed by atoms with Gasteiger partial charge in [-0.15, -0.1) is 0 Å². The monoisotopic (exact) mass is 186 g/mol. The van der Waals surface area contributed by atoms with Crippen molar-refractivity contribution in [3.8, 4) is 0 Å². The van der Waals surface area contributed by atoms with Crippen LogP contribution in [0.5, 0.6) is 0 Å². The molecule has 1 N–H and O–H groups in total. The molecule has 0 radical (unpaired) electrons. The summed E-state index contributed by atoms with van der Waals surface area (Å²) < 4.78 is 11.4. The van der Waals surface area contributed by atoms with Gasteiger partial charge in [-0.3, -0.25) is 0 Å². The Morgan fingerprint density at radius 2 is 1.77 bits per heavy atom. The first kappa shape index (κ1) is 9.44. The number of fused-ring (bicyclic) bond motifs is 1. The van der Waals surface area contributed by atoms with Crippen molar-refractivity contribution in [2.75, 3.05) is 0 Å². The van der Waals surface area contributed by atoms with E-state index in [2.05, 4.69) is 0 Å². The molecule has 1 aliphatic heterocycles. The summed E-state index contributed by atoms with van der Waals surface area (Å²) in [5, 5.41) is 9.86. The van der Waals surface area contributed by atoms with Gasteiger partial charge in [0.15, 0.2) is 5.79 Å². The number of hydrogen-bond donors (Lipinski definition) is 1. The highest BCUT2D eigenvalue weighted by Crippen LogP contribution is 2.40. The van der Waals surface area contributed by atoms with Crippen molar-refractivity contribution in [3.05, 3.63) is 0 Å². The standard InChI is InChI=1S/C10H18O3/c1-9(2)12-7-4-5-10(3,11)6-8(7)13-9/h7-8,11H,4-6H2,1-3H3/t7-,8+,10-/m0/s1. The fourth-order valence-electron chi connectivity index (χ4n) is 2.32. The lowest BCUT2D eigenvalue weighted by molar-refractivity contribution is -0.146. The maximum absolute atomic E-state index is 9.86. The topological polar surface area (TPSA) is 38.7 Å². The quantitative estimate of drug-likeness (QED) is 0.622. The molecule has 1 saturated carbocycles. The molecule has 0 spiro atoms. The van der Waals surface area contributed by atoms with Gasteiger partial charge in [0.1, 0.15) is 0 Å². The molecule has 0 bridgehead atoms. The van der Waals surface area contributed by atoms with Crippen molar-refractivity contribution in [2.45, 2.75) is 63.6 Å². The molecule has 0 amide bonds. The van der Waals surface area contributed by atoms with Crippen LogP contribution in [0.3, 0.4) is 0 Å². The molecule has 0 unspecified atom stereocenters. The zero-order valence-corrected chi connectivity index (χ0v) is 8.54. The number of aliphatic hydroxyl groups is 1. The average molecular weight is 186 g/mol. The smallest absolute Gasteiger partial charge is 0.163 e. The molecule has 1 saturated heterocycles. The third kappa shape index (κ3) is 1.87. The fraction of sp³-hybridized carbons (Fsp3) is 1.00. The maximum Gasteiger partial charge on any atom is 0.163 e. The first-order chi connectivity index (χ1) is 5.88. The summed E-state index contributed by atoms with van der Waals surface area (Å²) in [7, 11) is 0. The van der Waals surface area contributed by atoms with Crippen LogP contribution < -0.4 is 0 Å². The molecule has 76 valence electrons. The summed E-state index contributed by atoms with van der Waals surface area (Å²) >= 11 is 0. The van der Waals surface area contributed by atoms with Gasteiger partial charge in [0, 0.05) is 6.42 Å². The van der Waals surface area contributed by atoms with E-state index in [0.29, 0.717) is 6.42 Å². The molecule has 0 aromatic heterocycles. The van der Waals surface area contributed by atoms with Gasteiger partial charge in [-0.1, -0.05) is 0 Å². The van der Waals surface area contributed by atoms with E-state index in [-0.39, 0.29) is 12.2 Å². The van der Waals surface area contributed by atoms with E-state index >= 15 is 0 Å². The molecule has 3 nitrogen and oxygen atoms in total. The molecule has 2 rings (SSSR count). The van der Waals surface area contributed by atoms with E-state index in [1.807, 2.05) is 20.8 Å². The third-order valence-corrected chi connectivity index (χ3v) is 2.89. The van der Waals surface area contributed by atoms with E-state index in [4.69, 9.17) is 9.47 Å². The Labute approximate surface area is 79.0 Å². The minimum absolute atomic E-state index is 0.0822. The second kappa shape index (κ2) is 2.69. The van der Waals surface area contributed by atoms with E-state index in [1.165, 1.54) is 0 Å². The van der Waals surface area contributed by atoms with Crippen molar-refractivity contribution >= 4 is 0 Å². The van der Waals surface area contributed by atoms with Crippen molar-refractivity contribution in [2.24, 2.45) is 0 Å². The highest BCUT2D eigenvalue weighted by atomic mass is 16.8.